The van der Waals surface area contributed by atoms with E-state index in [0.29, 0.717) is 22.3 Å². The first-order chi connectivity index (χ1) is 13.6. The Labute approximate surface area is 174 Å². The van der Waals surface area contributed by atoms with Crippen LogP contribution in [0.15, 0.2) is 54.7 Å². The maximum absolute atomic E-state index is 10.6. The van der Waals surface area contributed by atoms with E-state index in [1.807, 2.05) is 30.3 Å². The fourth-order valence-electron chi connectivity index (χ4n) is 3.95. The van der Waals surface area contributed by atoms with Gasteiger partial charge in [-0.3, -0.25) is 4.90 Å². The van der Waals surface area contributed by atoms with Crippen molar-refractivity contribution in [1.82, 2.24) is 9.47 Å². The number of halogens is 2. The fourth-order valence-corrected chi connectivity index (χ4v) is 4.26. The van der Waals surface area contributed by atoms with Gasteiger partial charge in [-0.25, -0.2) is 0 Å². The minimum absolute atomic E-state index is 0.0119. The molecule has 1 aromatic heterocycles. The Kier molecular flexibility index (Phi) is 5.54. The fraction of sp³-hybridized carbons (Fsp3) is 0.273. The van der Waals surface area contributed by atoms with Crippen molar-refractivity contribution in [3.05, 3.63) is 81.6 Å². The maximum atomic E-state index is 10.6. The number of hydrogen-bond donors (Lipinski definition) is 1. The highest BCUT2D eigenvalue weighted by Crippen LogP contribution is 2.38. The normalized spacial score (nSPS) is 17.2. The number of nitrogens with zero attached hydrogens (tertiary/aromatic N) is 2. The van der Waals surface area contributed by atoms with Crippen LogP contribution in [0.5, 0.6) is 11.5 Å². The topological polar surface area (TPSA) is 37.6 Å². The van der Waals surface area contributed by atoms with E-state index >= 15 is 0 Å². The van der Waals surface area contributed by atoms with Crippen molar-refractivity contribution in [3.63, 3.8) is 0 Å². The lowest BCUT2D eigenvalue weighted by atomic mass is 10.0. The van der Waals surface area contributed by atoms with E-state index in [1.54, 1.807) is 13.2 Å². The first-order valence-electron chi connectivity index (χ1n) is 9.27. The van der Waals surface area contributed by atoms with Gasteiger partial charge in [-0.05, 0) is 42.3 Å². The first kappa shape index (κ1) is 19.2. The highest BCUT2D eigenvalue weighted by atomic mass is 35.5. The summed E-state index contributed by atoms with van der Waals surface area (Å²) in [5, 5.41) is 11.7. The monoisotopic (exact) mass is 416 g/mol. The molecule has 2 heterocycles. The standard InChI is InChI=1S/C22H22Cl2N2O2/c1-28-20-7-2-5-16(22(20)27)14-26-12-4-11-25-10-3-6-19(25)21(26)15-8-9-17(23)18(24)13-15/h2-3,5-10,13,21,27H,4,11-12,14H2,1H3/t21-/m1/s1. The number of hydrogen-bond acceptors (Lipinski definition) is 3. The molecule has 0 spiro atoms. The van der Waals surface area contributed by atoms with Gasteiger partial charge in [-0.1, -0.05) is 41.4 Å². The summed E-state index contributed by atoms with van der Waals surface area (Å²) in [5.41, 5.74) is 3.13. The van der Waals surface area contributed by atoms with Crippen LogP contribution in [0.4, 0.5) is 0 Å². The van der Waals surface area contributed by atoms with Crippen LogP contribution in [0.1, 0.15) is 29.3 Å². The number of benzene rings is 2. The largest absolute Gasteiger partial charge is 0.504 e. The van der Waals surface area contributed by atoms with Crippen LogP contribution >= 0.6 is 23.2 Å². The Morgan fingerprint density at radius 3 is 2.71 bits per heavy atom. The molecule has 2 aromatic carbocycles. The van der Waals surface area contributed by atoms with Gasteiger partial charge in [0.2, 0.25) is 0 Å². The number of phenolic OH excluding ortho intramolecular Hbond substituents is 1. The molecular formula is C22H22Cl2N2O2. The zero-order valence-corrected chi connectivity index (χ0v) is 17.1. The van der Waals surface area contributed by atoms with Gasteiger partial charge in [-0.15, -0.1) is 0 Å². The Balaban J connectivity index is 1.77. The summed E-state index contributed by atoms with van der Waals surface area (Å²) in [5.74, 6) is 0.680. The number of aromatic nitrogens is 1. The Morgan fingerprint density at radius 2 is 1.93 bits per heavy atom. The van der Waals surface area contributed by atoms with E-state index in [9.17, 15) is 5.11 Å². The predicted molar refractivity (Wildman–Crippen MR) is 112 cm³/mol. The van der Waals surface area contributed by atoms with E-state index in [-0.39, 0.29) is 11.8 Å². The average Bonchev–Trinajstić information content (AvgIpc) is 3.07. The summed E-state index contributed by atoms with van der Waals surface area (Å²) in [7, 11) is 1.57. The number of para-hydroxylation sites is 1. The van der Waals surface area contributed by atoms with Crippen molar-refractivity contribution >= 4 is 23.2 Å². The molecule has 0 amide bonds. The van der Waals surface area contributed by atoms with E-state index in [2.05, 4.69) is 27.8 Å². The number of aromatic hydroxyl groups is 1. The highest BCUT2D eigenvalue weighted by Gasteiger charge is 2.28. The summed E-state index contributed by atoms with van der Waals surface area (Å²) in [6, 6.07) is 15.7. The van der Waals surface area contributed by atoms with Gasteiger partial charge in [0.25, 0.3) is 0 Å². The van der Waals surface area contributed by atoms with Gasteiger partial charge < -0.3 is 14.4 Å². The lowest BCUT2D eigenvalue weighted by Gasteiger charge is -2.31. The van der Waals surface area contributed by atoms with E-state index < -0.39 is 0 Å². The smallest absolute Gasteiger partial charge is 0.162 e. The number of ether oxygens (including phenoxy) is 1. The third-order valence-corrected chi connectivity index (χ3v) is 6.03. The molecule has 1 atom stereocenters. The molecule has 1 aliphatic rings. The van der Waals surface area contributed by atoms with Crippen molar-refractivity contribution in [2.24, 2.45) is 0 Å². The van der Waals surface area contributed by atoms with Crippen LogP contribution in [0.25, 0.3) is 0 Å². The molecule has 0 saturated carbocycles. The van der Waals surface area contributed by atoms with Crippen LogP contribution in [0.3, 0.4) is 0 Å². The highest BCUT2D eigenvalue weighted by molar-refractivity contribution is 6.42. The van der Waals surface area contributed by atoms with Crippen LogP contribution in [0.2, 0.25) is 10.0 Å². The van der Waals surface area contributed by atoms with Gasteiger partial charge in [0, 0.05) is 37.1 Å². The van der Waals surface area contributed by atoms with E-state index in [4.69, 9.17) is 27.9 Å². The van der Waals surface area contributed by atoms with Gasteiger partial charge in [0.05, 0.1) is 23.2 Å². The maximum Gasteiger partial charge on any atom is 0.162 e. The van der Waals surface area contributed by atoms with Crippen molar-refractivity contribution in [2.45, 2.75) is 25.6 Å². The molecule has 4 nitrogen and oxygen atoms in total. The quantitative estimate of drug-likeness (QED) is 0.609. The molecule has 28 heavy (non-hydrogen) atoms. The third kappa shape index (κ3) is 3.60. The van der Waals surface area contributed by atoms with Crippen LogP contribution in [-0.4, -0.2) is 28.2 Å². The van der Waals surface area contributed by atoms with Gasteiger partial charge >= 0.3 is 0 Å². The SMILES string of the molecule is COc1cccc(CN2CCCn3cccc3[C@H]2c2ccc(Cl)c(Cl)c2)c1O. The lowest BCUT2D eigenvalue weighted by molar-refractivity contribution is 0.217. The molecule has 4 rings (SSSR count). The number of rotatable bonds is 4. The molecule has 0 aliphatic carbocycles. The van der Waals surface area contributed by atoms with Crippen LogP contribution in [-0.2, 0) is 13.1 Å². The average molecular weight is 417 g/mol. The van der Waals surface area contributed by atoms with Crippen LogP contribution < -0.4 is 4.74 Å². The van der Waals surface area contributed by atoms with Crippen molar-refractivity contribution in [3.8, 4) is 11.5 Å². The third-order valence-electron chi connectivity index (χ3n) is 5.29. The summed E-state index contributed by atoms with van der Waals surface area (Å²) in [6.07, 6.45) is 3.14. The minimum atomic E-state index is 0.0119. The van der Waals surface area contributed by atoms with Crippen LogP contribution in [0, 0.1) is 0 Å². The predicted octanol–water partition coefficient (Wildman–Crippen LogP) is 5.50. The molecule has 1 aliphatic heterocycles. The molecule has 0 fully saturated rings. The zero-order valence-electron chi connectivity index (χ0n) is 15.6. The molecule has 3 aromatic rings. The molecular weight excluding hydrogens is 395 g/mol. The van der Waals surface area contributed by atoms with Crippen molar-refractivity contribution < 1.29 is 9.84 Å². The molecule has 0 bridgehead atoms. The summed E-state index contributed by atoms with van der Waals surface area (Å²) in [6.45, 7) is 2.45. The summed E-state index contributed by atoms with van der Waals surface area (Å²) < 4.78 is 7.57. The first-order valence-corrected chi connectivity index (χ1v) is 10.0. The number of phenols is 1. The van der Waals surface area contributed by atoms with Gasteiger partial charge in [-0.2, -0.15) is 0 Å². The minimum Gasteiger partial charge on any atom is -0.504 e. The van der Waals surface area contributed by atoms with E-state index in [0.717, 1.165) is 30.6 Å². The van der Waals surface area contributed by atoms with Gasteiger partial charge in [0.15, 0.2) is 11.5 Å². The molecule has 6 heteroatoms. The number of methoxy groups -OCH3 is 1. The van der Waals surface area contributed by atoms with Crippen molar-refractivity contribution in [2.75, 3.05) is 13.7 Å². The molecule has 146 valence electrons. The Hall–Kier alpha value is -2.14. The van der Waals surface area contributed by atoms with E-state index in [1.165, 1.54) is 5.69 Å². The second-order valence-corrected chi connectivity index (χ2v) is 7.81. The summed E-state index contributed by atoms with van der Waals surface area (Å²) in [4.78, 5) is 2.37. The second-order valence-electron chi connectivity index (χ2n) is 6.99. The lowest BCUT2D eigenvalue weighted by Crippen LogP contribution is -2.29. The van der Waals surface area contributed by atoms with Crippen molar-refractivity contribution in [1.29, 1.82) is 0 Å². The summed E-state index contributed by atoms with van der Waals surface area (Å²) >= 11 is 12.5. The second kappa shape index (κ2) is 8.08. The zero-order chi connectivity index (χ0) is 19.7. The molecule has 1 N–H and O–H groups in total. The Bertz CT molecular complexity index is 986. The molecule has 0 saturated heterocycles. The molecule has 0 unspecified atom stereocenters. The molecule has 0 radical (unpaired) electrons. The van der Waals surface area contributed by atoms with Gasteiger partial charge in [0.1, 0.15) is 0 Å². The Morgan fingerprint density at radius 1 is 1.07 bits per heavy atom. The number of fused-ring (bicyclic) bond motifs is 1. The number of aryl methyl sites for hydroxylation is 1.